The highest BCUT2D eigenvalue weighted by molar-refractivity contribution is 5.69. The van der Waals surface area contributed by atoms with E-state index in [9.17, 15) is 4.79 Å². The quantitative estimate of drug-likeness (QED) is 0.794. The summed E-state index contributed by atoms with van der Waals surface area (Å²) in [5.41, 5.74) is 1.17. The van der Waals surface area contributed by atoms with Crippen molar-refractivity contribution in [2.75, 3.05) is 19.7 Å². The normalized spacial score (nSPS) is 14.1. The van der Waals surface area contributed by atoms with E-state index in [1.807, 2.05) is 31.2 Å². The average molecular weight is 279 g/mol. The van der Waals surface area contributed by atoms with Crippen molar-refractivity contribution in [1.82, 2.24) is 4.90 Å². The molecule has 0 saturated heterocycles. The van der Waals surface area contributed by atoms with Crippen LogP contribution in [0.1, 0.15) is 39.3 Å². The van der Waals surface area contributed by atoms with Crippen LogP contribution in [0.4, 0.5) is 0 Å². The monoisotopic (exact) mass is 279 g/mol. The molecule has 0 aromatic heterocycles. The van der Waals surface area contributed by atoms with Crippen molar-refractivity contribution in [2.24, 2.45) is 5.92 Å². The molecule has 1 rings (SSSR count). The summed E-state index contributed by atoms with van der Waals surface area (Å²) >= 11 is 0. The van der Waals surface area contributed by atoms with Gasteiger partial charge in [0.15, 0.2) is 0 Å². The van der Waals surface area contributed by atoms with E-state index in [-0.39, 0.29) is 12.0 Å². The lowest BCUT2D eigenvalue weighted by atomic mass is 10.0. The van der Waals surface area contributed by atoms with Crippen LogP contribution in [0.3, 0.4) is 0 Å². The Morgan fingerprint density at radius 1 is 1.25 bits per heavy atom. The zero-order valence-corrected chi connectivity index (χ0v) is 12.8. The van der Waals surface area contributed by atoms with Crippen LogP contribution in [0.15, 0.2) is 24.3 Å². The molecule has 2 atom stereocenters. The van der Waals surface area contributed by atoms with Gasteiger partial charge in [-0.2, -0.15) is 0 Å². The van der Waals surface area contributed by atoms with E-state index in [2.05, 4.69) is 18.7 Å². The van der Waals surface area contributed by atoms with Gasteiger partial charge in [-0.05, 0) is 38.1 Å². The second-order valence-corrected chi connectivity index (χ2v) is 5.00. The van der Waals surface area contributed by atoms with E-state index in [1.54, 1.807) is 6.92 Å². The summed E-state index contributed by atoms with van der Waals surface area (Å²) in [5, 5.41) is 9.03. The Labute approximate surface area is 121 Å². The van der Waals surface area contributed by atoms with Crippen molar-refractivity contribution in [3.63, 3.8) is 0 Å². The number of nitrogens with zero attached hydrogens (tertiary/aromatic N) is 1. The summed E-state index contributed by atoms with van der Waals surface area (Å²) < 4.78 is 5.43. The fourth-order valence-electron chi connectivity index (χ4n) is 2.21. The lowest BCUT2D eigenvalue weighted by Gasteiger charge is -2.29. The van der Waals surface area contributed by atoms with Gasteiger partial charge in [-0.1, -0.05) is 26.0 Å². The molecule has 112 valence electrons. The molecule has 0 spiro atoms. The zero-order valence-electron chi connectivity index (χ0n) is 12.8. The van der Waals surface area contributed by atoms with Gasteiger partial charge in [0.05, 0.1) is 12.5 Å². The summed E-state index contributed by atoms with van der Waals surface area (Å²) in [5.74, 6) is -0.243. The molecule has 4 nitrogen and oxygen atoms in total. The fraction of sp³-hybridized carbons (Fsp3) is 0.562. The first kappa shape index (κ1) is 16.5. The molecule has 0 aliphatic carbocycles. The summed E-state index contributed by atoms with van der Waals surface area (Å²) in [6.45, 7) is 9.91. The molecule has 0 radical (unpaired) electrons. The number of carboxylic acid groups (broad SMARTS) is 1. The van der Waals surface area contributed by atoms with Crippen LogP contribution in [0.5, 0.6) is 5.75 Å². The summed E-state index contributed by atoms with van der Waals surface area (Å²) in [6.07, 6.45) is 0. The first-order valence-corrected chi connectivity index (χ1v) is 7.19. The van der Waals surface area contributed by atoms with Crippen molar-refractivity contribution in [3.05, 3.63) is 29.8 Å². The van der Waals surface area contributed by atoms with Crippen LogP contribution in [-0.4, -0.2) is 35.7 Å². The Hall–Kier alpha value is -1.55. The Morgan fingerprint density at radius 3 is 2.30 bits per heavy atom. The molecule has 0 aliphatic rings. The molecule has 1 N–H and O–H groups in total. The highest BCUT2D eigenvalue weighted by Gasteiger charge is 2.20. The molecule has 1 aromatic rings. The van der Waals surface area contributed by atoms with Crippen LogP contribution in [0.2, 0.25) is 0 Å². The number of benzene rings is 1. The predicted octanol–water partition coefficient (Wildman–Crippen LogP) is 3.19. The smallest absolute Gasteiger partial charge is 0.307 e. The van der Waals surface area contributed by atoms with Gasteiger partial charge < -0.3 is 9.84 Å². The molecule has 4 heteroatoms. The number of hydrogen-bond acceptors (Lipinski definition) is 3. The number of rotatable bonds is 8. The first-order valence-electron chi connectivity index (χ1n) is 7.19. The van der Waals surface area contributed by atoms with Crippen molar-refractivity contribution >= 4 is 5.97 Å². The maximum atomic E-state index is 11.0. The van der Waals surface area contributed by atoms with E-state index in [1.165, 1.54) is 5.56 Å². The minimum atomic E-state index is -0.748. The Kier molecular flexibility index (Phi) is 6.52. The maximum Gasteiger partial charge on any atom is 0.307 e. The molecule has 1 aromatic carbocycles. The highest BCUT2D eigenvalue weighted by atomic mass is 16.5. The van der Waals surface area contributed by atoms with Gasteiger partial charge in [0.25, 0.3) is 0 Å². The van der Waals surface area contributed by atoms with Gasteiger partial charge in [-0.25, -0.2) is 0 Å². The van der Waals surface area contributed by atoms with Crippen LogP contribution in [0.25, 0.3) is 0 Å². The van der Waals surface area contributed by atoms with E-state index in [0.717, 1.165) is 12.3 Å². The van der Waals surface area contributed by atoms with Crippen molar-refractivity contribution in [3.8, 4) is 5.75 Å². The first-order chi connectivity index (χ1) is 9.49. The molecule has 0 fully saturated rings. The standard InChI is InChI=1S/C16H25NO3/c1-5-17(11-12(3)16(18)19)13(4)14-7-9-15(10-8-14)20-6-2/h7-10,12-13H,5-6,11H2,1-4H3,(H,18,19). The Balaban J connectivity index is 2.74. The van der Waals surface area contributed by atoms with Crippen molar-refractivity contribution in [1.29, 1.82) is 0 Å². The summed E-state index contributed by atoms with van der Waals surface area (Å²) in [4.78, 5) is 13.2. The van der Waals surface area contributed by atoms with Crippen LogP contribution >= 0.6 is 0 Å². The molecule has 0 aliphatic heterocycles. The second kappa shape index (κ2) is 7.90. The highest BCUT2D eigenvalue weighted by Crippen LogP contribution is 2.23. The maximum absolute atomic E-state index is 11.0. The largest absolute Gasteiger partial charge is 0.494 e. The third-order valence-corrected chi connectivity index (χ3v) is 3.56. The number of hydrogen-bond donors (Lipinski definition) is 1. The topological polar surface area (TPSA) is 49.8 Å². The molecule has 0 saturated carbocycles. The van der Waals surface area contributed by atoms with Crippen molar-refractivity contribution < 1.29 is 14.6 Å². The van der Waals surface area contributed by atoms with Crippen LogP contribution in [0, 0.1) is 5.92 Å². The van der Waals surface area contributed by atoms with Gasteiger partial charge in [-0.15, -0.1) is 0 Å². The summed E-state index contributed by atoms with van der Waals surface area (Å²) in [7, 11) is 0. The fourth-order valence-corrected chi connectivity index (χ4v) is 2.21. The lowest BCUT2D eigenvalue weighted by molar-refractivity contribution is -0.141. The van der Waals surface area contributed by atoms with Gasteiger partial charge in [-0.3, -0.25) is 9.69 Å². The van der Waals surface area contributed by atoms with Gasteiger partial charge in [0.2, 0.25) is 0 Å². The van der Waals surface area contributed by atoms with Gasteiger partial charge in [0, 0.05) is 12.6 Å². The van der Waals surface area contributed by atoms with Gasteiger partial charge >= 0.3 is 5.97 Å². The number of ether oxygens (including phenoxy) is 1. The van der Waals surface area contributed by atoms with Gasteiger partial charge in [0.1, 0.15) is 5.75 Å². The Bertz CT molecular complexity index is 416. The molecule has 0 heterocycles. The molecular weight excluding hydrogens is 254 g/mol. The van der Waals surface area contributed by atoms with Crippen LogP contribution in [-0.2, 0) is 4.79 Å². The number of carbonyl (C=O) groups is 1. The van der Waals surface area contributed by atoms with E-state index < -0.39 is 5.97 Å². The minimum absolute atomic E-state index is 0.192. The van der Waals surface area contributed by atoms with E-state index >= 15 is 0 Å². The molecule has 0 amide bonds. The number of aliphatic carboxylic acids is 1. The molecule has 0 bridgehead atoms. The predicted molar refractivity (Wildman–Crippen MR) is 80.1 cm³/mol. The lowest BCUT2D eigenvalue weighted by Crippen LogP contribution is -2.33. The van der Waals surface area contributed by atoms with E-state index in [4.69, 9.17) is 9.84 Å². The second-order valence-electron chi connectivity index (χ2n) is 5.00. The third kappa shape index (κ3) is 4.53. The minimum Gasteiger partial charge on any atom is -0.494 e. The molecular formula is C16H25NO3. The molecule has 2 unspecified atom stereocenters. The van der Waals surface area contributed by atoms with Crippen LogP contribution < -0.4 is 4.74 Å². The number of carboxylic acids is 1. The Morgan fingerprint density at radius 2 is 1.85 bits per heavy atom. The molecule has 20 heavy (non-hydrogen) atoms. The van der Waals surface area contributed by atoms with E-state index in [0.29, 0.717) is 13.2 Å². The average Bonchev–Trinajstić information content (AvgIpc) is 2.44. The zero-order chi connectivity index (χ0) is 15.1. The SMILES string of the molecule is CCOc1ccc(C(C)N(CC)CC(C)C(=O)O)cc1. The summed E-state index contributed by atoms with van der Waals surface area (Å²) in [6, 6.07) is 8.21. The third-order valence-electron chi connectivity index (χ3n) is 3.56. The van der Waals surface area contributed by atoms with Crippen molar-refractivity contribution in [2.45, 2.75) is 33.7 Å².